The summed E-state index contributed by atoms with van der Waals surface area (Å²) in [6.07, 6.45) is 1.68. The fourth-order valence-electron chi connectivity index (χ4n) is 0.234. The second-order valence-corrected chi connectivity index (χ2v) is 1.80. The first kappa shape index (κ1) is 8.39. The van der Waals surface area contributed by atoms with Gasteiger partial charge in [0, 0.05) is 39.8 Å². The highest BCUT2D eigenvalue weighted by molar-refractivity contribution is 9.93. The van der Waals surface area contributed by atoms with E-state index in [0.29, 0.717) is 5.13 Å². The summed E-state index contributed by atoms with van der Waals surface area (Å²) in [5, 5.41) is 2.48. The maximum Gasteiger partial charge on any atom is 0.179 e. The summed E-state index contributed by atoms with van der Waals surface area (Å²) < 4.78 is 0. The van der Waals surface area contributed by atoms with Crippen molar-refractivity contribution in [3.05, 3.63) is 11.6 Å². The molecule has 1 rings (SSSR count). The van der Waals surface area contributed by atoms with Gasteiger partial charge in [-0.25, -0.2) is 4.98 Å². The number of nitrogens with zero attached hydrogens (tertiary/aromatic N) is 1. The maximum absolute atomic E-state index is 5.19. The van der Waals surface area contributed by atoms with Gasteiger partial charge in [0.2, 0.25) is 0 Å². The van der Waals surface area contributed by atoms with Crippen LogP contribution in [0.3, 0.4) is 0 Å². The van der Waals surface area contributed by atoms with Crippen LogP contribution in [-0.2, 0) is 0 Å². The summed E-state index contributed by atoms with van der Waals surface area (Å²) in [5.41, 5.74) is 5.19. The highest BCUT2D eigenvalue weighted by Gasteiger charge is 1.76. The van der Waals surface area contributed by atoms with Gasteiger partial charge < -0.3 is 5.73 Å². The van der Waals surface area contributed by atoms with Crippen LogP contribution < -0.4 is 5.73 Å². The first-order valence-corrected chi connectivity index (χ1v) is 6.28. The van der Waals surface area contributed by atoms with Crippen LogP contribution in [0, 0.1) is 0 Å². The Morgan fingerprint density at radius 2 is 2.25 bits per heavy atom. The molecule has 0 atom stereocenters. The van der Waals surface area contributed by atoms with Gasteiger partial charge in [0.1, 0.15) is 0 Å². The predicted octanol–water partition coefficient (Wildman–Crippen LogP) is 2.42. The molecule has 0 aliphatic heterocycles. The Labute approximate surface area is 66.9 Å². The molecular formula is C3H4Br2N2S. The number of hydrogen-bond acceptors (Lipinski definition) is 3. The number of rotatable bonds is 0. The standard InChI is InChI=1S/C3H4N2S.Br2/c4-3-5-1-2-6-3;1-2/h1-2H,(H2,4,5);. The summed E-state index contributed by atoms with van der Waals surface area (Å²) >= 11 is 6.94. The molecule has 0 amide bonds. The Morgan fingerprint density at radius 3 is 2.38 bits per heavy atom. The van der Waals surface area contributed by atoms with Gasteiger partial charge in [-0.2, -0.15) is 0 Å². The molecule has 0 aliphatic carbocycles. The largest absolute Gasteiger partial charge is 0.375 e. The van der Waals surface area contributed by atoms with Gasteiger partial charge >= 0.3 is 0 Å². The number of aromatic nitrogens is 1. The smallest absolute Gasteiger partial charge is 0.179 e. The Morgan fingerprint density at radius 1 is 1.62 bits per heavy atom. The van der Waals surface area contributed by atoms with Gasteiger partial charge in [0.15, 0.2) is 5.13 Å². The molecule has 0 aliphatic rings. The first-order chi connectivity index (χ1) is 3.89. The van der Waals surface area contributed by atoms with Gasteiger partial charge in [0.25, 0.3) is 0 Å². The average molecular weight is 260 g/mol. The summed E-state index contributed by atoms with van der Waals surface area (Å²) in [6.45, 7) is 0. The summed E-state index contributed by atoms with van der Waals surface area (Å²) in [7, 11) is 0. The van der Waals surface area contributed by atoms with Crippen LogP contribution in [-0.4, -0.2) is 4.98 Å². The number of thiazole rings is 1. The van der Waals surface area contributed by atoms with Gasteiger partial charge in [-0.05, 0) is 0 Å². The van der Waals surface area contributed by atoms with E-state index in [1.165, 1.54) is 11.3 Å². The van der Waals surface area contributed by atoms with Crippen molar-refractivity contribution >= 4 is 44.7 Å². The Hall–Kier alpha value is 0.390. The number of nitrogen functional groups attached to an aromatic ring is 1. The molecular weight excluding hydrogens is 256 g/mol. The fourth-order valence-corrected chi connectivity index (χ4v) is 0.617. The molecule has 0 fully saturated rings. The topological polar surface area (TPSA) is 38.9 Å². The van der Waals surface area contributed by atoms with Crippen molar-refractivity contribution in [2.75, 3.05) is 5.73 Å². The van der Waals surface area contributed by atoms with Crippen LogP contribution in [0.1, 0.15) is 0 Å². The molecule has 0 bridgehead atoms. The second kappa shape index (κ2) is 5.53. The monoisotopic (exact) mass is 258 g/mol. The Kier molecular flexibility index (Phi) is 5.79. The van der Waals surface area contributed by atoms with Gasteiger partial charge in [-0.3, -0.25) is 0 Å². The minimum atomic E-state index is 0.634. The van der Waals surface area contributed by atoms with Crippen molar-refractivity contribution in [3.63, 3.8) is 0 Å². The van der Waals surface area contributed by atoms with Crippen LogP contribution in [0.2, 0.25) is 0 Å². The van der Waals surface area contributed by atoms with E-state index in [9.17, 15) is 0 Å². The predicted molar refractivity (Wildman–Crippen MR) is 44.4 cm³/mol. The van der Waals surface area contributed by atoms with Crippen LogP contribution in [0.25, 0.3) is 0 Å². The third-order valence-electron chi connectivity index (χ3n) is 0.451. The van der Waals surface area contributed by atoms with Crippen molar-refractivity contribution in [1.82, 2.24) is 4.98 Å². The molecule has 0 unspecified atom stereocenters. The SMILES string of the molecule is BrBr.Nc1nccs1. The summed E-state index contributed by atoms with van der Waals surface area (Å²) in [5.74, 6) is 0. The van der Waals surface area contributed by atoms with Crippen molar-refractivity contribution in [2.24, 2.45) is 0 Å². The van der Waals surface area contributed by atoms with Crippen molar-refractivity contribution < 1.29 is 0 Å². The molecule has 1 aromatic rings. The molecule has 1 heterocycles. The number of halogens is 2. The van der Waals surface area contributed by atoms with Gasteiger partial charge in [0.05, 0.1) is 0 Å². The number of anilines is 1. The van der Waals surface area contributed by atoms with Crippen molar-refractivity contribution in [3.8, 4) is 0 Å². The lowest BCUT2D eigenvalue weighted by Gasteiger charge is -1.67. The van der Waals surface area contributed by atoms with Crippen molar-refractivity contribution in [1.29, 1.82) is 0 Å². The van der Waals surface area contributed by atoms with E-state index in [1.54, 1.807) is 6.20 Å². The van der Waals surface area contributed by atoms with E-state index in [4.69, 9.17) is 5.73 Å². The lowest BCUT2D eigenvalue weighted by Crippen LogP contribution is -1.77. The van der Waals surface area contributed by atoms with Gasteiger partial charge in [-0.1, -0.05) is 0 Å². The first-order valence-electron chi connectivity index (χ1n) is 1.69. The molecule has 2 N–H and O–H groups in total. The highest BCUT2D eigenvalue weighted by Crippen LogP contribution is 2.02. The average Bonchev–Trinajstić information content (AvgIpc) is 2.24. The summed E-state index contributed by atoms with van der Waals surface area (Å²) in [4.78, 5) is 3.71. The zero-order valence-electron chi connectivity index (χ0n) is 3.84. The summed E-state index contributed by atoms with van der Waals surface area (Å²) in [6, 6.07) is 0. The van der Waals surface area contributed by atoms with E-state index in [2.05, 4.69) is 33.2 Å². The molecule has 46 valence electrons. The molecule has 0 spiro atoms. The molecule has 0 saturated heterocycles. The number of nitrogens with two attached hydrogens (primary N) is 1. The Bertz CT molecular complexity index is 119. The zero-order chi connectivity index (χ0) is 6.41. The van der Waals surface area contributed by atoms with E-state index in [-0.39, 0.29) is 0 Å². The maximum atomic E-state index is 5.19. The molecule has 8 heavy (non-hydrogen) atoms. The highest BCUT2D eigenvalue weighted by atomic mass is 80.9. The fraction of sp³-hybridized carbons (Fsp3) is 0. The van der Waals surface area contributed by atoms with Crippen LogP contribution >= 0.6 is 39.6 Å². The molecule has 0 saturated carbocycles. The van der Waals surface area contributed by atoms with Crippen LogP contribution in [0.15, 0.2) is 11.6 Å². The van der Waals surface area contributed by atoms with Crippen LogP contribution in [0.5, 0.6) is 0 Å². The zero-order valence-corrected chi connectivity index (χ0v) is 7.83. The molecule has 1 aromatic heterocycles. The quantitative estimate of drug-likeness (QED) is 0.777. The van der Waals surface area contributed by atoms with Gasteiger partial charge in [-0.15, -0.1) is 11.3 Å². The van der Waals surface area contributed by atoms with E-state index >= 15 is 0 Å². The minimum absolute atomic E-state index is 0.634. The minimum Gasteiger partial charge on any atom is -0.375 e. The second-order valence-electron chi connectivity index (χ2n) is 0.870. The van der Waals surface area contributed by atoms with Crippen molar-refractivity contribution in [2.45, 2.75) is 0 Å². The van der Waals surface area contributed by atoms with E-state index < -0.39 is 0 Å². The molecule has 5 heteroatoms. The molecule has 0 aromatic carbocycles. The third kappa shape index (κ3) is 3.40. The lowest BCUT2D eigenvalue weighted by atomic mass is 11.0. The number of hydrogen-bond donors (Lipinski definition) is 1. The van der Waals surface area contributed by atoms with E-state index in [1.807, 2.05) is 5.38 Å². The Balaban J connectivity index is 0.000000222. The third-order valence-corrected chi connectivity index (χ3v) is 1.06. The molecule has 0 radical (unpaired) electrons. The molecule has 2 nitrogen and oxygen atoms in total. The lowest BCUT2D eigenvalue weighted by molar-refractivity contribution is 1.43. The van der Waals surface area contributed by atoms with E-state index in [0.717, 1.165) is 0 Å². The normalized spacial score (nSPS) is 7.25. The van der Waals surface area contributed by atoms with Crippen LogP contribution in [0.4, 0.5) is 5.13 Å².